The maximum atomic E-state index is 4.53. The minimum Gasteiger partial charge on any atom is -0.378 e. The molecule has 3 rings (SSSR count). The monoisotopic (exact) mass is 266 g/mol. The second-order valence-electron chi connectivity index (χ2n) is 5.17. The van der Waals surface area contributed by atoms with Crippen LogP contribution < -0.4 is 10.2 Å². The van der Waals surface area contributed by atoms with Crippen LogP contribution in [-0.4, -0.2) is 24.1 Å². The molecule has 0 bridgehead atoms. The van der Waals surface area contributed by atoms with E-state index < -0.39 is 0 Å². The number of imidazole rings is 1. The van der Waals surface area contributed by atoms with E-state index in [2.05, 4.69) is 51.4 Å². The minimum atomic E-state index is 0.767. The molecule has 0 aliphatic carbocycles. The molecule has 0 aliphatic heterocycles. The van der Waals surface area contributed by atoms with E-state index in [-0.39, 0.29) is 0 Å². The smallest absolute Gasteiger partial charge is 0.205 e. The number of benzene rings is 2. The van der Waals surface area contributed by atoms with E-state index in [0.717, 1.165) is 22.7 Å². The Hall–Kier alpha value is -2.49. The normalized spacial score (nSPS) is 10.8. The summed E-state index contributed by atoms with van der Waals surface area (Å²) in [7, 11) is 4.06. The number of hydrogen-bond acceptors (Lipinski definition) is 3. The summed E-state index contributed by atoms with van der Waals surface area (Å²) >= 11 is 0. The Morgan fingerprint density at radius 1 is 1.05 bits per heavy atom. The molecule has 1 aromatic heterocycles. The van der Waals surface area contributed by atoms with Gasteiger partial charge < -0.3 is 15.2 Å². The van der Waals surface area contributed by atoms with Gasteiger partial charge in [0.15, 0.2) is 0 Å². The van der Waals surface area contributed by atoms with Gasteiger partial charge in [-0.05, 0) is 48.9 Å². The highest BCUT2D eigenvalue weighted by molar-refractivity contribution is 5.79. The Bertz CT molecular complexity index is 726. The van der Waals surface area contributed by atoms with Crippen molar-refractivity contribution in [3.05, 3.63) is 48.0 Å². The zero-order valence-electron chi connectivity index (χ0n) is 11.9. The van der Waals surface area contributed by atoms with Gasteiger partial charge in [-0.1, -0.05) is 6.07 Å². The number of aryl methyl sites for hydroxylation is 1. The van der Waals surface area contributed by atoms with E-state index in [0.29, 0.717) is 0 Å². The highest BCUT2D eigenvalue weighted by Crippen LogP contribution is 2.21. The van der Waals surface area contributed by atoms with Gasteiger partial charge in [-0.15, -0.1) is 0 Å². The first-order valence-corrected chi connectivity index (χ1v) is 6.62. The van der Waals surface area contributed by atoms with Crippen molar-refractivity contribution in [3.63, 3.8) is 0 Å². The zero-order chi connectivity index (χ0) is 14.1. The topological polar surface area (TPSA) is 44.0 Å². The summed E-state index contributed by atoms with van der Waals surface area (Å²) in [5.74, 6) is 0.767. The highest BCUT2D eigenvalue weighted by Gasteiger charge is 2.03. The first-order valence-electron chi connectivity index (χ1n) is 6.62. The quantitative estimate of drug-likeness (QED) is 0.760. The number of rotatable bonds is 3. The molecule has 3 aromatic rings. The van der Waals surface area contributed by atoms with E-state index >= 15 is 0 Å². The van der Waals surface area contributed by atoms with Gasteiger partial charge in [0.2, 0.25) is 5.95 Å². The number of aromatic nitrogens is 2. The van der Waals surface area contributed by atoms with E-state index in [1.807, 2.05) is 32.3 Å². The number of H-pyrrole nitrogens is 1. The molecular formula is C16H18N4. The third kappa shape index (κ3) is 2.45. The molecule has 0 fully saturated rings. The van der Waals surface area contributed by atoms with E-state index in [9.17, 15) is 0 Å². The predicted molar refractivity (Wildman–Crippen MR) is 84.9 cm³/mol. The number of nitrogens with one attached hydrogen (secondary N) is 2. The van der Waals surface area contributed by atoms with Gasteiger partial charge in [0.05, 0.1) is 11.0 Å². The summed E-state index contributed by atoms with van der Waals surface area (Å²) in [6.07, 6.45) is 0. The molecule has 0 saturated heterocycles. The molecule has 1 heterocycles. The molecule has 20 heavy (non-hydrogen) atoms. The number of hydrogen-bond donors (Lipinski definition) is 2. The van der Waals surface area contributed by atoms with Crippen LogP contribution in [0, 0.1) is 6.92 Å². The van der Waals surface area contributed by atoms with Crippen molar-refractivity contribution in [1.82, 2.24) is 9.97 Å². The van der Waals surface area contributed by atoms with Gasteiger partial charge in [-0.3, -0.25) is 0 Å². The van der Waals surface area contributed by atoms with Crippen LogP contribution >= 0.6 is 0 Å². The van der Waals surface area contributed by atoms with Gasteiger partial charge in [0, 0.05) is 25.5 Å². The van der Waals surface area contributed by atoms with Crippen molar-refractivity contribution in [2.75, 3.05) is 24.3 Å². The van der Waals surface area contributed by atoms with E-state index in [1.165, 1.54) is 11.3 Å². The maximum Gasteiger partial charge on any atom is 0.205 e. The highest BCUT2D eigenvalue weighted by atomic mass is 15.1. The molecule has 0 atom stereocenters. The zero-order valence-corrected chi connectivity index (χ0v) is 11.9. The Kier molecular flexibility index (Phi) is 3.06. The van der Waals surface area contributed by atoms with Crippen LogP contribution in [0.25, 0.3) is 11.0 Å². The Labute approximate surface area is 118 Å². The van der Waals surface area contributed by atoms with Crippen LogP contribution in [0.5, 0.6) is 0 Å². The molecule has 0 spiro atoms. The van der Waals surface area contributed by atoms with Crippen LogP contribution in [-0.2, 0) is 0 Å². The predicted octanol–water partition coefficient (Wildman–Crippen LogP) is 3.68. The first-order chi connectivity index (χ1) is 9.61. The third-order valence-electron chi connectivity index (χ3n) is 3.28. The van der Waals surface area contributed by atoms with Crippen molar-refractivity contribution in [3.8, 4) is 0 Å². The average Bonchev–Trinajstić information content (AvgIpc) is 2.80. The lowest BCUT2D eigenvalue weighted by Crippen LogP contribution is -2.08. The van der Waals surface area contributed by atoms with Crippen LogP contribution in [0.15, 0.2) is 42.5 Å². The van der Waals surface area contributed by atoms with Gasteiger partial charge in [-0.25, -0.2) is 4.98 Å². The maximum absolute atomic E-state index is 4.53. The van der Waals surface area contributed by atoms with E-state index in [1.54, 1.807) is 0 Å². The molecule has 102 valence electrons. The molecule has 0 amide bonds. The second-order valence-corrected chi connectivity index (χ2v) is 5.17. The molecule has 0 unspecified atom stereocenters. The van der Waals surface area contributed by atoms with Gasteiger partial charge in [-0.2, -0.15) is 0 Å². The van der Waals surface area contributed by atoms with Crippen molar-refractivity contribution < 1.29 is 0 Å². The lowest BCUT2D eigenvalue weighted by Gasteiger charge is -2.12. The summed E-state index contributed by atoms with van der Waals surface area (Å²) in [6.45, 7) is 2.08. The van der Waals surface area contributed by atoms with Gasteiger partial charge in [0.1, 0.15) is 0 Å². The van der Waals surface area contributed by atoms with Crippen molar-refractivity contribution in [1.29, 1.82) is 0 Å². The Morgan fingerprint density at radius 3 is 2.50 bits per heavy atom. The van der Waals surface area contributed by atoms with Crippen LogP contribution in [0.3, 0.4) is 0 Å². The molecule has 4 nitrogen and oxygen atoms in total. The number of nitrogens with zero attached hydrogens (tertiary/aromatic N) is 2. The van der Waals surface area contributed by atoms with Crippen molar-refractivity contribution in [2.45, 2.75) is 6.92 Å². The molecule has 2 N–H and O–H groups in total. The van der Waals surface area contributed by atoms with Crippen molar-refractivity contribution >= 4 is 28.4 Å². The summed E-state index contributed by atoms with van der Waals surface area (Å²) in [5.41, 5.74) is 5.45. The number of aromatic amines is 1. The summed E-state index contributed by atoms with van der Waals surface area (Å²) < 4.78 is 0. The summed E-state index contributed by atoms with van der Waals surface area (Å²) in [4.78, 5) is 9.90. The van der Waals surface area contributed by atoms with Crippen molar-refractivity contribution in [2.24, 2.45) is 0 Å². The molecule has 4 heteroatoms. The third-order valence-corrected chi connectivity index (χ3v) is 3.28. The fourth-order valence-corrected chi connectivity index (χ4v) is 2.16. The summed E-state index contributed by atoms with van der Waals surface area (Å²) in [5, 5.41) is 3.29. The molecule has 2 aromatic carbocycles. The molecule has 0 saturated carbocycles. The molecular weight excluding hydrogens is 248 g/mol. The average molecular weight is 266 g/mol. The lowest BCUT2D eigenvalue weighted by molar-refractivity contribution is 1.13. The SMILES string of the molecule is Cc1ccc2nc(Nc3ccc(N(C)C)cc3)[nH]c2c1. The Morgan fingerprint density at radius 2 is 1.80 bits per heavy atom. The second kappa shape index (κ2) is 4.89. The van der Waals surface area contributed by atoms with Crippen LogP contribution in [0.1, 0.15) is 5.56 Å². The molecule has 0 aliphatic rings. The minimum absolute atomic E-state index is 0.767. The lowest BCUT2D eigenvalue weighted by atomic mass is 10.2. The van der Waals surface area contributed by atoms with Crippen LogP contribution in [0.4, 0.5) is 17.3 Å². The fraction of sp³-hybridized carbons (Fsp3) is 0.188. The van der Waals surface area contributed by atoms with Gasteiger partial charge in [0.25, 0.3) is 0 Å². The fourth-order valence-electron chi connectivity index (χ4n) is 2.16. The standard InChI is InChI=1S/C16H18N4/c1-11-4-9-14-15(10-11)19-16(18-14)17-12-5-7-13(8-6-12)20(2)3/h4-10H,1-3H3,(H2,17,18,19). The summed E-state index contributed by atoms with van der Waals surface area (Å²) in [6, 6.07) is 14.5. The largest absolute Gasteiger partial charge is 0.378 e. The van der Waals surface area contributed by atoms with Crippen LogP contribution in [0.2, 0.25) is 0 Å². The number of anilines is 3. The first kappa shape index (κ1) is 12.5. The number of fused-ring (bicyclic) bond motifs is 1. The van der Waals surface area contributed by atoms with E-state index in [4.69, 9.17) is 0 Å². The molecule has 0 radical (unpaired) electrons. The Balaban J connectivity index is 1.85. The van der Waals surface area contributed by atoms with Gasteiger partial charge >= 0.3 is 0 Å².